The molecule has 0 radical (unpaired) electrons. The van der Waals surface area contributed by atoms with Gasteiger partial charge in [-0.3, -0.25) is 5.32 Å². The molecule has 0 spiro atoms. The Morgan fingerprint density at radius 3 is 3.16 bits per heavy atom. The lowest BCUT2D eigenvalue weighted by atomic mass is 10.0. The molecule has 1 atom stereocenters. The van der Waals surface area contributed by atoms with Crippen LogP contribution in [0.5, 0.6) is 0 Å². The van der Waals surface area contributed by atoms with E-state index in [0.717, 1.165) is 6.42 Å². The summed E-state index contributed by atoms with van der Waals surface area (Å²) in [7, 11) is 0. The molecular formula is C13H20N4O2. The number of amides is 2. The number of nitrogens with zero attached hydrogens (tertiary/aromatic N) is 3. The molecule has 19 heavy (non-hydrogen) atoms. The molecule has 2 heterocycles. The lowest BCUT2D eigenvalue weighted by Gasteiger charge is -2.36. The van der Waals surface area contributed by atoms with Crippen molar-refractivity contribution < 1.29 is 9.53 Å². The molecule has 1 aromatic heterocycles. The molecule has 1 saturated heterocycles. The molecule has 1 aromatic rings. The number of hydrogen-bond donors (Lipinski definition) is 1. The summed E-state index contributed by atoms with van der Waals surface area (Å²) in [5, 5.41) is 2.80. The Morgan fingerprint density at radius 1 is 1.63 bits per heavy atom. The molecule has 1 aliphatic rings. The Bertz CT molecular complexity index is 410. The van der Waals surface area contributed by atoms with E-state index in [9.17, 15) is 4.79 Å². The van der Waals surface area contributed by atoms with E-state index in [2.05, 4.69) is 29.1 Å². The molecule has 0 aromatic carbocycles. The molecule has 0 aliphatic carbocycles. The predicted molar refractivity (Wildman–Crippen MR) is 71.8 cm³/mol. The zero-order valence-electron chi connectivity index (χ0n) is 11.4. The van der Waals surface area contributed by atoms with Crippen molar-refractivity contribution in [2.24, 2.45) is 5.92 Å². The van der Waals surface area contributed by atoms with Crippen LogP contribution in [0.15, 0.2) is 18.6 Å². The van der Waals surface area contributed by atoms with E-state index in [-0.39, 0.29) is 12.1 Å². The Kier molecular flexibility index (Phi) is 4.68. The van der Waals surface area contributed by atoms with Gasteiger partial charge in [0, 0.05) is 12.7 Å². The van der Waals surface area contributed by atoms with Crippen LogP contribution in [0.4, 0.5) is 10.6 Å². The standard InChI is InChI=1S/C13H20N4O2/c1-10(2)7-11-8-19-6-5-17(11)13(18)16-12-3-4-14-9-15-12/h3-4,9-11H,5-8H2,1-2H3,(H,14,15,16,18). The van der Waals surface area contributed by atoms with Crippen LogP contribution in [0.3, 0.4) is 0 Å². The van der Waals surface area contributed by atoms with Crippen molar-refractivity contribution in [1.29, 1.82) is 0 Å². The second kappa shape index (κ2) is 6.47. The fraction of sp³-hybridized carbons (Fsp3) is 0.615. The summed E-state index contributed by atoms with van der Waals surface area (Å²) in [5.74, 6) is 1.05. The van der Waals surface area contributed by atoms with Gasteiger partial charge in [0.1, 0.15) is 12.1 Å². The predicted octanol–water partition coefficient (Wildman–Crippen LogP) is 1.76. The molecule has 2 rings (SSSR count). The van der Waals surface area contributed by atoms with Crippen molar-refractivity contribution >= 4 is 11.8 Å². The normalized spacial score (nSPS) is 19.5. The summed E-state index contributed by atoms with van der Waals surface area (Å²) in [6, 6.07) is 1.69. The number of urea groups is 1. The van der Waals surface area contributed by atoms with E-state index in [1.165, 1.54) is 6.33 Å². The number of rotatable bonds is 3. The van der Waals surface area contributed by atoms with E-state index in [0.29, 0.717) is 31.5 Å². The van der Waals surface area contributed by atoms with Crippen molar-refractivity contribution in [2.45, 2.75) is 26.3 Å². The molecule has 0 saturated carbocycles. The van der Waals surface area contributed by atoms with Gasteiger partial charge < -0.3 is 9.64 Å². The first kappa shape index (κ1) is 13.7. The maximum atomic E-state index is 12.3. The van der Waals surface area contributed by atoms with Crippen LogP contribution in [0.1, 0.15) is 20.3 Å². The van der Waals surface area contributed by atoms with Gasteiger partial charge in [0.2, 0.25) is 0 Å². The Morgan fingerprint density at radius 2 is 2.47 bits per heavy atom. The van der Waals surface area contributed by atoms with Crippen LogP contribution >= 0.6 is 0 Å². The van der Waals surface area contributed by atoms with E-state index >= 15 is 0 Å². The number of carbonyl (C=O) groups is 1. The summed E-state index contributed by atoms with van der Waals surface area (Å²) in [6.45, 7) is 6.11. The Hall–Kier alpha value is -1.69. The van der Waals surface area contributed by atoms with Gasteiger partial charge in [-0.15, -0.1) is 0 Å². The van der Waals surface area contributed by atoms with Gasteiger partial charge in [-0.1, -0.05) is 13.8 Å². The molecular weight excluding hydrogens is 244 g/mol. The van der Waals surface area contributed by atoms with Gasteiger partial charge in [-0.25, -0.2) is 14.8 Å². The molecule has 104 valence electrons. The second-order valence-corrected chi connectivity index (χ2v) is 5.08. The largest absolute Gasteiger partial charge is 0.377 e. The third-order valence-electron chi connectivity index (χ3n) is 3.05. The third-order valence-corrected chi connectivity index (χ3v) is 3.05. The Labute approximate surface area is 113 Å². The van der Waals surface area contributed by atoms with Crippen LogP contribution in [0, 0.1) is 5.92 Å². The minimum atomic E-state index is -0.118. The van der Waals surface area contributed by atoms with Crippen molar-refractivity contribution in [3.05, 3.63) is 18.6 Å². The molecule has 1 N–H and O–H groups in total. The Balaban J connectivity index is 1.99. The van der Waals surface area contributed by atoms with Crippen LogP contribution < -0.4 is 5.32 Å². The smallest absolute Gasteiger partial charge is 0.323 e. The van der Waals surface area contributed by atoms with E-state index in [1.54, 1.807) is 12.3 Å². The van der Waals surface area contributed by atoms with Gasteiger partial charge in [-0.05, 0) is 18.4 Å². The summed E-state index contributed by atoms with van der Waals surface area (Å²) in [4.78, 5) is 21.9. The summed E-state index contributed by atoms with van der Waals surface area (Å²) in [5.41, 5.74) is 0. The monoisotopic (exact) mass is 264 g/mol. The molecule has 0 bridgehead atoms. The number of morpholine rings is 1. The lowest BCUT2D eigenvalue weighted by molar-refractivity contribution is 0.00855. The second-order valence-electron chi connectivity index (χ2n) is 5.08. The van der Waals surface area contributed by atoms with Crippen molar-refractivity contribution in [2.75, 3.05) is 25.1 Å². The number of hydrogen-bond acceptors (Lipinski definition) is 4. The molecule has 1 unspecified atom stereocenters. The average Bonchev–Trinajstić information content (AvgIpc) is 2.39. The maximum Gasteiger partial charge on any atom is 0.323 e. The fourth-order valence-electron chi connectivity index (χ4n) is 2.21. The molecule has 2 amide bonds. The maximum absolute atomic E-state index is 12.3. The summed E-state index contributed by atoms with van der Waals surface area (Å²) < 4.78 is 5.47. The number of aromatic nitrogens is 2. The van der Waals surface area contributed by atoms with Gasteiger partial charge in [0.25, 0.3) is 0 Å². The zero-order valence-corrected chi connectivity index (χ0v) is 11.4. The highest BCUT2D eigenvalue weighted by Crippen LogP contribution is 2.16. The van der Waals surface area contributed by atoms with E-state index in [1.807, 2.05) is 4.90 Å². The van der Waals surface area contributed by atoms with Crippen molar-refractivity contribution in [1.82, 2.24) is 14.9 Å². The highest BCUT2D eigenvalue weighted by atomic mass is 16.5. The van der Waals surface area contributed by atoms with Crippen LogP contribution in [-0.2, 0) is 4.74 Å². The minimum Gasteiger partial charge on any atom is -0.377 e. The third kappa shape index (κ3) is 3.89. The van der Waals surface area contributed by atoms with Gasteiger partial charge in [0.05, 0.1) is 19.3 Å². The highest BCUT2D eigenvalue weighted by Gasteiger charge is 2.27. The van der Waals surface area contributed by atoms with Crippen LogP contribution in [0.2, 0.25) is 0 Å². The quantitative estimate of drug-likeness (QED) is 0.903. The number of carbonyl (C=O) groups excluding carboxylic acids is 1. The van der Waals surface area contributed by atoms with Gasteiger partial charge in [-0.2, -0.15) is 0 Å². The SMILES string of the molecule is CC(C)CC1COCCN1C(=O)Nc1ccncn1. The lowest BCUT2D eigenvalue weighted by Crippen LogP contribution is -2.50. The number of ether oxygens (including phenoxy) is 1. The minimum absolute atomic E-state index is 0.118. The molecule has 6 nitrogen and oxygen atoms in total. The van der Waals surface area contributed by atoms with Gasteiger partial charge in [0.15, 0.2) is 0 Å². The summed E-state index contributed by atoms with van der Waals surface area (Å²) >= 11 is 0. The number of anilines is 1. The highest BCUT2D eigenvalue weighted by molar-refractivity contribution is 5.88. The zero-order chi connectivity index (χ0) is 13.7. The van der Waals surface area contributed by atoms with E-state index < -0.39 is 0 Å². The molecule has 1 fully saturated rings. The van der Waals surface area contributed by atoms with Crippen LogP contribution in [-0.4, -0.2) is 46.7 Å². The fourth-order valence-corrected chi connectivity index (χ4v) is 2.21. The first-order valence-electron chi connectivity index (χ1n) is 6.58. The van der Waals surface area contributed by atoms with Gasteiger partial charge >= 0.3 is 6.03 Å². The van der Waals surface area contributed by atoms with Crippen LogP contribution in [0.25, 0.3) is 0 Å². The molecule has 1 aliphatic heterocycles. The first-order valence-corrected chi connectivity index (χ1v) is 6.58. The van der Waals surface area contributed by atoms with E-state index in [4.69, 9.17) is 4.74 Å². The summed E-state index contributed by atoms with van der Waals surface area (Å²) in [6.07, 6.45) is 3.96. The topological polar surface area (TPSA) is 67.3 Å². The average molecular weight is 264 g/mol. The van der Waals surface area contributed by atoms with Crippen molar-refractivity contribution in [3.63, 3.8) is 0 Å². The van der Waals surface area contributed by atoms with Crippen molar-refractivity contribution in [3.8, 4) is 0 Å². The molecule has 6 heteroatoms. The number of nitrogens with one attached hydrogen (secondary N) is 1. The first-order chi connectivity index (χ1) is 9.16.